The zero-order chi connectivity index (χ0) is 25.0. The number of rotatable bonds is 15. The van der Waals surface area contributed by atoms with Crippen LogP contribution in [0.25, 0.3) is 0 Å². The smallest absolute Gasteiger partial charge is 0.157 e. The molecular weight excluding hydrogens is 444 g/mol. The maximum atomic E-state index is 10.3. The summed E-state index contributed by atoms with van der Waals surface area (Å²) in [6.45, 7) is 2.84. The Balaban J connectivity index is 1.45. The topological polar surface area (TPSA) is 99.4 Å². The lowest BCUT2D eigenvalue weighted by Gasteiger charge is -2.34. The number of fused-ring (bicyclic) bond motifs is 1. The van der Waals surface area contributed by atoms with Crippen molar-refractivity contribution in [3.05, 3.63) is 41.5 Å². The fourth-order valence-electron chi connectivity index (χ4n) is 4.77. The standard InChI is InChI=1S/C29H42O6/c1-2-3-4-5-6-7-8-9-10-11-12-13-16-34-28-20-23-25(32)18-22(30)19-27(23)35-29(28)21-14-15-24(31)26(33)17-21/h14-15,17-19,28-33H,2-13,16,20H2,1H3/t28-,29-/m1/s1. The van der Waals surface area contributed by atoms with Crippen molar-refractivity contribution in [2.45, 2.75) is 103 Å². The molecule has 2 aromatic rings. The summed E-state index contributed by atoms with van der Waals surface area (Å²) in [5.41, 5.74) is 1.26. The lowest BCUT2D eigenvalue weighted by Crippen LogP contribution is -2.33. The lowest BCUT2D eigenvalue weighted by molar-refractivity contribution is -0.0393. The monoisotopic (exact) mass is 486 g/mol. The van der Waals surface area contributed by atoms with E-state index in [0.29, 0.717) is 29.9 Å². The first-order valence-corrected chi connectivity index (χ1v) is 13.3. The normalized spacial score (nSPS) is 17.2. The van der Waals surface area contributed by atoms with Crippen LogP contribution < -0.4 is 4.74 Å². The molecule has 2 aromatic carbocycles. The number of benzene rings is 2. The molecular formula is C29H42O6. The molecule has 0 bridgehead atoms. The van der Waals surface area contributed by atoms with Gasteiger partial charge in [-0.25, -0.2) is 0 Å². The average molecular weight is 487 g/mol. The Bertz CT molecular complexity index is 912. The van der Waals surface area contributed by atoms with Crippen LogP contribution in [-0.2, 0) is 11.2 Å². The van der Waals surface area contributed by atoms with E-state index in [2.05, 4.69) is 6.92 Å². The molecule has 1 aliphatic rings. The number of hydrogen-bond donors (Lipinski definition) is 4. The molecule has 0 saturated carbocycles. The van der Waals surface area contributed by atoms with Crippen molar-refractivity contribution in [3.63, 3.8) is 0 Å². The fourth-order valence-corrected chi connectivity index (χ4v) is 4.77. The van der Waals surface area contributed by atoms with Gasteiger partial charge in [-0.15, -0.1) is 0 Å². The Hall–Kier alpha value is -2.60. The molecule has 0 radical (unpaired) electrons. The van der Waals surface area contributed by atoms with Gasteiger partial charge in [0.25, 0.3) is 0 Å². The molecule has 6 nitrogen and oxygen atoms in total. The van der Waals surface area contributed by atoms with Gasteiger partial charge in [-0.3, -0.25) is 0 Å². The van der Waals surface area contributed by atoms with Gasteiger partial charge < -0.3 is 29.9 Å². The van der Waals surface area contributed by atoms with E-state index in [1.165, 1.54) is 88.5 Å². The molecule has 3 rings (SSSR count). The third-order valence-electron chi connectivity index (χ3n) is 6.82. The first-order valence-electron chi connectivity index (χ1n) is 13.3. The summed E-state index contributed by atoms with van der Waals surface area (Å²) < 4.78 is 12.3. The second kappa shape index (κ2) is 14.1. The van der Waals surface area contributed by atoms with Crippen LogP contribution >= 0.6 is 0 Å². The van der Waals surface area contributed by atoms with Crippen molar-refractivity contribution in [2.24, 2.45) is 0 Å². The van der Waals surface area contributed by atoms with Crippen LogP contribution in [0.5, 0.6) is 28.7 Å². The van der Waals surface area contributed by atoms with Crippen molar-refractivity contribution in [2.75, 3.05) is 6.61 Å². The summed E-state index contributed by atoms with van der Waals surface area (Å²) in [4.78, 5) is 0. The Morgan fingerprint density at radius 3 is 2.00 bits per heavy atom. The van der Waals surface area contributed by atoms with Gasteiger partial charge in [-0.05, 0) is 24.1 Å². The van der Waals surface area contributed by atoms with E-state index >= 15 is 0 Å². The molecule has 2 atom stereocenters. The maximum absolute atomic E-state index is 10.3. The summed E-state index contributed by atoms with van der Waals surface area (Å²) in [5.74, 6) is -0.134. The van der Waals surface area contributed by atoms with Crippen molar-refractivity contribution in [1.29, 1.82) is 0 Å². The SMILES string of the molecule is CCCCCCCCCCCCCCO[C@@H]1Cc2c(O)cc(O)cc2O[C@@H]1c1ccc(O)c(O)c1. The summed E-state index contributed by atoms with van der Waals surface area (Å²) in [7, 11) is 0. The highest BCUT2D eigenvalue weighted by Crippen LogP contribution is 2.43. The van der Waals surface area contributed by atoms with E-state index in [1.807, 2.05) is 0 Å². The number of ether oxygens (including phenoxy) is 2. The van der Waals surface area contributed by atoms with Crippen LogP contribution in [0.15, 0.2) is 30.3 Å². The zero-order valence-corrected chi connectivity index (χ0v) is 21.0. The van der Waals surface area contributed by atoms with Crippen LogP contribution in [-0.4, -0.2) is 33.1 Å². The number of phenols is 4. The van der Waals surface area contributed by atoms with E-state index in [0.717, 1.165) is 12.8 Å². The fraction of sp³-hybridized carbons (Fsp3) is 0.586. The number of unbranched alkanes of at least 4 members (excludes halogenated alkanes) is 11. The van der Waals surface area contributed by atoms with Crippen molar-refractivity contribution in [3.8, 4) is 28.7 Å². The van der Waals surface area contributed by atoms with E-state index in [-0.39, 0.29) is 29.1 Å². The summed E-state index contributed by atoms with van der Waals surface area (Å²) in [6.07, 6.45) is 14.9. The van der Waals surface area contributed by atoms with Gasteiger partial charge in [-0.1, -0.05) is 83.6 Å². The molecule has 35 heavy (non-hydrogen) atoms. The van der Waals surface area contributed by atoms with Gasteiger partial charge in [0.15, 0.2) is 17.6 Å². The maximum Gasteiger partial charge on any atom is 0.157 e. The minimum absolute atomic E-state index is 0.0223. The molecule has 6 heteroatoms. The van der Waals surface area contributed by atoms with Crippen LogP contribution in [0.2, 0.25) is 0 Å². The van der Waals surface area contributed by atoms with E-state index < -0.39 is 6.10 Å². The van der Waals surface area contributed by atoms with E-state index in [1.54, 1.807) is 6.07 Å². The summed E-state index contributed by atoms with van der Waals surface area (Å²) in [5, 5.41) is 39.8. The molecule has 0 saturated heterocycles. The van der Waals surface area contributed by atoms with Crippen molar-refractivity contribution in [1.82, 2.24) is 0 Å². The van der Waals surface area contributed by atoms with Gasteiger partial charge in [0, 0.05) is 30.7 Å². The molecule has 0 spiro atoms. The van der Waals surface area contributed by atoms with Gasteiger partial charge in [0.1, 0.15) is 23.4 Å². The minimum atomic E-state index is -0.535. The largest absolute Gasteiger partial charge is 0.508 e. The number of aromatic hydroxyl groups is 4. The number of phenolic OH excluding ortho intramolecular Hbond substituents is 4. The lowest BCUT2D eigenvalue weighted by atomic mass is 9.93. The van der Waals surface area contributed by atoms with Crippen molar-refractivity contribution >= 4 is 0 Å². The average Bonchev–Trinajstić information content (AvgIpc) is 2.83. The number of hydrogen-bond acceptors (Lipinski definition) is 6. The molecule has 0 aromatic heterocycles. The van der Waals surface area contributed by atoms with Crippen LogP contribution in [0.4, 0.5) is 0 Å². The molecule has 194 valence electrons. The molecule has 0 amide bonds. The molecule has 0 unspecified atom stereocenters. The van der Waals surface area contributed by atoms with Gasteiger partial charge in [0.05, 0.1) is 0 Å². The molecule has 1 aliphatic heterocycles. The quantitative estimate of drug-likeness (QED) is 0.156. The highest BCUT2D eigenvalue weighted by molar-refractivity contribution is 5.52. The molecule has 4 N–H and O–H groups in total. The van der Waals surface area contributed by atoms with Crippen LogP contribution in [0, 0.1) is 0 Å². The first-order chi connectivity index (χ1) is 17.0. The molecule has 0 aliphatic carbocycles. The van der Waals surface area contributed by atoms with Gasteiger partial charge in [-0.2, -0.15) is 0 Å². The first kappa shape index (κ1) is 27.0. The zero-order valence-electron chi connectivity index (χ0n) is 21.0. The highest BCUT2D eigenvalue weighted by Gasteiger charge is 2.34. The van der Waals surface area contributed by atoms with Crippen molar-refractivity contribution < 1.29 is 29.9 Å². The Morgan fingerprint density at radius 1 is 0.743 bits per heavy atom. The Kier molecular flexibility index (Phi) is 10.9. The molecule has 0 fully saturated rings. The highest BCUT2D eigenvalue weighted by atomic mass is 16.5. The van der Waals surface area contributed by atoms with Gasteiger partial charge in [0.2, 0.25) is 0 Å². The Morgan fingerprint density at radius 2 is 1.37 bits per heavy atom. The predicted molar refractivity (Wildman–Crippen MR) is 137 cm³/mol. The van der Waals surface area contributed by atoms with Gasteiger partial charge >= 0.3 is 0 Å². The molecule has 1 heterocycles. The second-order valence-electron chi connectivity index (χ2n) is 9.73. The Labute approximate surface area is 209 Å². The summed E-state index contributed by atoms with van der Waals surface area (Å²) >= 11 is 0. The van der Waals surface area contributed by atoms with E-state index in [9.17, 15) is 20.4 Å². The second-order valence-corrected chi connectivity index (χ2v) is 9.73. The third-order valence-corrected chi connectivity index (χ3v) is 6.82. The summed E-state index contributed by atoms with van der Waals surface area (Å²) in [6, 6.07) is 7.36. The predicted octanol–water partition coefficient (Wildman–Crippen LogP) is 7.27. The minimum Gasteiger partial charge on any atom is -0.508 e. The third kappa shape index (κ3) is 8.24. The van der Waals surface area contributed by atoms with Crippen LogP contribution in [0.3, 0.4) is 0 Å². The van der Waals surface area contributed by atoms with Crippen LogP contribution in [0.1, 0.15) is 101 Å². The van der Waals surface area contributed by atoms with E-state index in [4.69, 9.17) is 9.47 Å².